The fraction of sp³-hybridized carbons (Fsp3) is 0.0638. The smallest absolute Gasteiger partial charge is 0.135 e. The summed E-state index contributed by atoms with van der Waals surface area (Å²) >= 11 is 0. The second kappa shape index (κ2) is 11.0. The van der Waals surface area contributed by atoms with Crippen molar-refractivity contribution in [1.82, 2.24) is 0 Å². The number of rotatable bonds is 5. The number of hydrogen-bond donors (Lipinski definition) is 0. The first-order valence-corrected chi connectivity index (χ1v) is 17.1. The predicted molar refractivity (Wildman–Crippen MR) is 204 cm³/mol. The van der Waals surface area contributed by atoms with Crippen molar-refractivity contribution in [2.75, 3.05) is 4.90 Å². The Balaban J connectivity index is 1.19. The van der Waals surface area contributed by atoms with Gasteiger partial charge in [-0.2, -0.15) is 0 Å². The van der Waals surface area contributed by atoms with Crippen molar-refractivity contribution in [3.05, 3.63) is 199 Å². The second-order valence-electron chi connectivity index (χ2n) is 13.2. The lowest BCUT2D eigenvalue weighted by Crippen LogP contribution is -2.35. The van der Waals surface area contributed by atoms with Gasteiger partial charge in [-0.1, -0.05) is 140 Å². The first-order valence-electron chi connectivity index (χ1n) is 17.1. The van der Waals surface area contributed by atoms with Crippen LogP contribution in [0.3, 0.4) is 0 Å². The van der Waals surface area contributed by atoms with Gasteiger partial charge in [0.2, 0.25) is 0 Å². The minimum atomic E-state index is -0.300. The zero-order valence-corrected chi connectivity index (χ0v) is 27.0. The molecule has 0 radical (unpaired) electrons. The van der Waals surface area contributed by atoms with Gasteiger partial charge in [0.25, 0.3) is 0 Å². The highest BCUT2D eigenvalue weighted by atomic mass is 16.3. The molecule has 0 N–H and O–H groups in total. The normalized spacial score (nSPS) is 15.9. The molecule has 0 saturated carbocycles. The number of anilines is 3. The molecule has 8 aromatic rings. The van der Waals surface area contributed by atoms with Crippen molar-refractivity contribution in [3.8, 4) is 11.1 Å². The average Bonchev–Trinajstić information content (AvgIpc) is 3.70. The van der Waals surface area contributed by atoms with Crippen LogP contribution in [0.5, 0.6) is 0 Å². The van der Waals surface area contributed by atoms with E-state index < -0.39 is 0 Å². The summed E-state index contributed by atoms with van der Waals surface area (Å²) < 4.78 is 6.24. The maximum absolute atomic E-state index is 6.24. The van der Waals surface area contributed by atoms with Crippen molar-refractivity contribution in [1.29, 1.82) is 0 Å². The molecule has 1 heterocycles. The Morgan fingerprint density at radius 1 is 0.531 bits per heavy atom. The molecule has 0 saturated heterocycles. The number of benzene rings is 7. The standard InChI is InChI=1S/C47H33NO/c1-2-15-33(16-3-1)47(42-21-9-6-18-38(42)39-19-7-10-22-43(39)47)34-25-27-35(28-26-34)48(44-23-12-14-32-13-4-5-17-37(32)44)36-29-30-46-41(31-36)40-20-8-11-24-45(40)49-46/h1-15,17-31,33H,16H2. The van der Waals surface area contributed by atoms with Gasteiger partial charge < -0.3 is 9.32 Å². The Morgan fingerprint density at radius 3 is 1.96 bits per heavy atom. The Bertz CT molecular complexity index is 2550. The summed E-state index contributed by atoms with van der Waals surface area (Å²) in [5, 5.41) is 4.67. The van der Waals surface area contributed by atoms with Crippen LogP contribution in [0.15, 0.2) is 186 Å². The van der Waals surface area contributed by atoms with E-state index in [4.69, 9.17) is 4.42 Å². The van der Waals surface area contributed by atoms with Gasteiger partial charge in [0.1, 0.15) is 11.2 Å². The summed E-state index contributed by atoms with van der Waals surface area (Å²) in [5.41, 5.74) is 11.6. The van der Waals surface area contributed by atoms with Crippen LogP contribution in [-0.4, -0.2) is 0 Å². The molecule has 10 rings (SSSR count). The largest absolute Gasteiger partial charge is 0.456 e. The highest BCUT2D eigenvalue weighted by Gasteiger charge is 2.48. The van der Waals surface area contributed by atoms with Crippen molar-refractivity contribution < 1.29 is 4.42 Å². The molecule has 0 aliphatic heterocycles. The lowest BCUT2D eigenvalue weighted by atomic mass is 9.62. The van der Waals surface area contributed by atoms with E-state index in [-0.39, 0.29) is 5.41 Å². The fourth-order valence-electron chi connectivity index (χ4n) is 8.65. The highest BCUT2D eigenvalue weighted by Crippen LogP contribution is 2.58. The van der Waals surface area contributed by atoms with Crippen LogP contribution in [0, 0.1) is 5.92 Å². The van der Waals surface area contributed by atoms with E-state index in [9.17, 15) is 0 Å². The topological polar surface area (TPSA) is 16.4 Å². The number of fused-ring (bicyclic) bond motifs is 7. The van der Waals surface area contributed by atoms with Gasteiger partial charge in [-0.05, 0) is 88.0 Å². The molecular weight excluding hydrogens is 595 g/mol. The third-order valence-corrected chi connectivity index (χ3v) is 10.7. The molecular formula is C47H33NO. The maximum atomic E-state index is 6.24. The second-order valence-corrected chi connectivity index (χ2v) is 13.2. The van der Waals surface area contributed by atoms with Crippen molar-refractivity contribution in [2.24, 2.45) is 5.92 Å². The number of nitrogens with zero attached hydrogens (tertiary/aromatic N) is 1. The van der Waals surface area contributed by atoms with E-state index in [1.54, 1.807) is 0 Å². The Kier molecular flexibility index (Phi) is 6.25. The van der Waals surface area contributed by atoms with E-state index >= 15 is 0 Å². The number of allylic oxidation sites excluding steroid dienone is 4. The van der Waals surface area contributed by atoms with Crippen LogP contribution in [0.1, 0.15) is 23.1 Å². The minimum Gasteiger partial charge on any atom is -0.456 e. The molecule has 0 fully saturated rings. The fourth-order valence-corrected chi connectivity index (χ4v) is 8.65. The van der Waals surface area contributed by atoms with Gasteiger partial charge >= 0.3 is 0 Å². The summed E-state index contributed by atoms with van der Waals surface area (Å²) in [7, 11) is 0. The number of para-hydroxylation sites is 1. The SMILES string of the molecule is C1=CCC(C2(c3ccc(N(c4ccc5oc6ccccc6c5c4)c4cccc5ccccc45)cc3)c3ccccc3-c3ccccc32)C=C1. The van der Waals surface area contributed by atoms with Crippen molar-refractivity contribution >= 4 is 49.8 Å². The predicted octanol–water partition coefficient (Wildman–Crippen LogP) is 12.7. The number of furan rings is 1. The zero-order valence-electron chi connectivity index (χ0n) is 27.0. The summed E-state index contributed by atoms with van der Waals surface area (Å²) in [6.45, 7) is 0. The third-order valence-electron chi connectivity index (χ3n) is 10.7. The Morgan fingerprint density at radius 2 is 1.18 bits per heavy atom. The summed E-state index contributed by atoms with van der Waals surface area (Å²) in [4.78, 5) is 2.40. The van der Waals surface area contributed by atoms with E-state index in [2.05, 4.69) is 175 Å². The van der Waals surface area contributed by atoms with Gasteiger partial charge in [0, 0.05) is 27.5 Å². The first-order chi connectivity index (χ1) is 24.3. The molecule has 232 valence electrons. The summed E-state index contributed by atoms with van der Waals surface area (Å²) in [5.74, 6) is 0.291. The molecule has 1 unspecified atom stereocenters. The summed E-state index contributed by atoms with van der Waals surface area (Å²) in [6.07, 6.45) is 10.1. The van der Waals surface area contributed by atoms with Gasteiger partial charge in [-0.3, -0.25) is 0 Å². The molecule has 0 amide bonds. The first kappa shape index (κ1) is 27.9. The molecule has 2 nitrogen and oxygen atoms in total. The van der Waals surface area contributed by atoms with E-state index in [1.807, 2.05) is 12.1 Å². The van der Waals surface area contributed by atoms with E-state index in [0.29, 0.717) is 5.92 Å². The van der Waals surface area contributed by atoms with Crippen LogP contribution in [0.25, 0.3) is 43.8 Å². The Hall–Kier alpha value is -6.12. The van der Waals surface area contributed by atoms with Crippen LogP contribution >= 0.6 is 0 Å². The molecule has 1 aromatic heterocycles. The van der Waals surface area contributed by atoms with Gasteiger partial charge in [0.05, 0.1) is 11.1 Å². The van der Waals surface area contributed by atoms with Gasteiger partial charge in [-0.15, -0.1) is 0 Å². The molecule has 1 atom stereocenters. The molecule has 2 aliphatic rings. The van der Waals surface area contributed by atoms with Crippen LogP contribution in [0.4, 0.5) is 17.1 Å². The maximum Gasteiger partial charge on any atom is 0.135 e. The third kappa shape index (κ3) is 4.14. The number of hydrogen-bond acceptors (Lipinski definition) is 2. The highest BCUT2D eigenvalue weighted by molar-refractivity contribution is 6.07. The average molecular weight is 628 g/mol. The molecule has 0 bridgehead atoms. The molecule has 2 heteroatoms. The van der Waals surface area contributed by atoms with Crippen LogP contribution in [-0.2, 0) is 5.41 Å². The summed E-state index contributed by atoms with van der Waals surface area (Å²) in [6, 6.07) is 57.6. The molecule has 7 aromatic carbocycles. The molecule has 2 aliphatic carbocycles. The monoisotopic (exact) mass is 627 g/mol. The quantitative estimate of drug-likeness (QED) is 0.189. The van der Waals surface area contributed by atoms with Crippen molar-refractivity contribution in [3.63, 3.8) is 0 Å². The minimum absolute atomic E-state index is 0.291. The molecule has 0 spiro atoms. The van der Waals surface area contributed by atoms with Crippen molar-refractivity contribution in [2.45, 2.75) is 11.8 Å². The van der Waals surface area contributed by atoms with Gasteiger partial charge in [0.15, 0.2) is 0 Å². The zero-order chi connectivity index (χ0) is 32.4. The lowest BCUT2D eigenvalue weighted by Gasteiger charge is -2.40. The van der Waals surface area contributed by atoms with E-state index in [0.717, 1.165) is 45.4 Å². The Labute approximate surface area is 285 Å². The van der Waals surface area contributed by atoms with E-state index in [1.165, 1.54) is 38.6 Å². The van der Waals surface area contributed by atoms with Gasteiger partial charge in [-0.25, -0.2) is 0 Å². The molecule has 49 heavy (non-hydrogen) atoms. The lowest BCUT2D eigenvalue weighted by molar-refractivity contribution is 0.457. The van der Waals surface area contributed by atoms with Crippen LogP contribution in [0.2, 0.25) is 0 Å². The van der Waals surface area contributed by atoms with Crippen LogP contribution < -0.4 is 4.90 Å².